The van der Waals surface area contributed by atoms with E-state index in [4.69, 9.17) is 10.00 Å². The van der Waals surface area contributed by atoms with E-state index in [1.54, 1.807) is 0 Å². The topological polar surface area (TPSA) is 50.1 Å². The van der Waals surface area contributed by atoms with Crippen molar-refractivity contribution in [1.29, 1.82) is 5.26 Å². The van der Waals surface area contributed by atoms with E-state index in [2.05, 4.69) is 6.07 Å². The van der Waals surface area contributed by atoms with Crippen LogP contribution in [0.25, 0.3) is 0 Å². The Hall–Kier alpha value is -1.82. The number of hydrogen-bond donors (Lipinski definition) is 0. The van der Waals surface area contributed by atoms with Crippen LogP contribution in [-0.2, 0) is 17.6 Å². The van der Waals surface area contributed by atoms with E-state index in [1.807, 2.05) is 18.2 Å². The number of nitrogens with zero attached hydrogens (tertiary/aromatic N) is 1. The average molecular weight is 229 g/mol. The Bertz CT molecular complexity index is 460. The minimum absolute atomic E-state index is 0.00759. The van der Waals surface area contributed by atoms with Crippen molar-refractivity contribution in [2.75, 3.05) is 6.61 Å². The van der Waals surface area contributed by atoms with Crippen LogP contribution in [0.3, 0.4) is 0 Å². The molecule has 0 saturated heterocycles. The summed E-state index contributed by atoms with van der Waals surface area (Å²) < 4.78 is 5.39. The van der Waals surface area contributed by atoms with Gasteiger partial charge in [-0.05, 0) is 48.9 Å². The first-order valence-electron chi connectivity index (χ1n) is 5.93. The van der Waals surface area contributed by atoms with Gasteiger partial charge in [-0.25, -0.2) is 0 Å². The molecule has 1 aromatic carbocycles. The minimum atomic E-state index is -0.176. The summed E-state index contributed by atoms with van der Waals surface area (Å²) in [5.74, 6) is 0.558. The fourth-order valence-corrected chi connectivity index (χ4v) is 2.10. The van der Waals surface area contributed by atoms with Crippen LogP contribution in [0.4, 0.5) is 0 Å². The summed E-state index contributed by atoms with van der Waals surface area (Å²) in [5, 5.41) is 8.37. The molecule has 0 spiro atoms. The van der Waals surface area contributed by atoms with Gasteiger partial charge in [-0.15, -0.1) is 0 Å². The Balaban J connectivity index is 1.98. The Kier molecular flexibility index (Phi) is 3.77. The second-order valence-corrected chi connectivity index (χ2v) is 4.30. The molecular formula is C14H15NO2. The van der Waals surface area contributed by atoms with E-state index in [-0.39, 0.29) is 18.8 Å². The summed E-state index contributed by atoms with van der Waals surface area (Å²) in [7, 11) is 0. The molecule has 3 nitrogen and oxygen atoms in total. The van der Waals surface area contributed by atoms with Crippen LogP contribution in [0.2, 0.25) is 0 Å². The molecule has 0 radical (unpaired) electrons. The van der Waals surface area contributed by atoms with Gasteiger partial charge in [0.05, 0.1) is 12.5 Å². The standard InChI is InChI=1S/C14H15NO2/c15-8-7-13(16)10-17-14-6-5-11-3-1-2-4-12(11)9-14/h5-6,9H,1-4,7,10H2. The zero-order chi connectivity index (χ0) is 12.1. The van der Waals surface area contributed by atoms with E-state index >= 15 is 0 Å². The predicted octanol–water partition coefficient (Wildman–Crippen LogP) is 2.43. The number of aryl methyl sites for hydroxylation is 2. The number of hydrogen-bond acceptors (Lipinski definition) is 3. The van der Waals surface area contributed by atoms with Crippen molar-refractivity contribution in [3.05, 3.63) is 29.3 Å². The Labute approximate surface area is 101 Å². The third-order valence-corrected chi connectivity index (χ3v) is 3.00. The number of carbonyl (C=O) groups excluding carboxylic acids is 1. The highest BCUT2D eigenvalue weighted by atomic mass is 16.5. The molecule has 0 bridgehead atoms. The normalized spacial score (nSPS) is 13.6. The fourth-order valence-electron chi connectivity index (χ4n) is 2.10. The molecule has 0 amide bonds. The van der Waals surface area contributed by atoms with Crippen molar-refractivity contribution >= 4 is 5.78 Å². The van der Waals surface area contributed by atoms with Crippen molar-refractivity contribution in [2.24, 2.45) is 0 Å². The lowest BCUT2D eigenvalue weighted by molar-refractivity contribution is -0.120. The smallest absolute Gasteiger partial charge is 0.184 e. The fraction of sp³-hybridized carbons (Fsp3) is 0.429. The molecule has 0 N–H and O–H groups in total. The third kappa shape index (κ3) is 3.07. The van der Waals surface area contributed by atoms with Crippen LogP contribution in [0, 0.1) is 11.3 Å². The molecular weight excluding hydrogens is 214 g/mol. The second-order valence-electron chi connectivity index (χ2n) is 4.30. The van der Waals surface area contributed by atoms with Crippen LogP contribution in [0.15, 0.2) is 18.2 Å². The summed E-state index contributed by atoms with van der Waals surface area (Å²) in [6.07, 6.45) is 4.64. The molecule has 0 fully saturated rings. The molecule has 1 aromatic rings. The molecule has 0 aromatic heterocycles. The minimum Gasteiger partial charge on any atom is -0.486 e. The van der Waals surface area contributed by atoms with Crippen molar-refractivity contribution in [2.45, 2.75) is 32.1 Å². The van der Waals surface area contributed by atoms with Crippen molar-refractivity contribution in [1.82, 2.24) is 0 Å². The quantitative estimate of drug-likeness (QED) is 0.796. The van der Waals surface area contributed by atoms with Crippen LogP contribution in [0.5, 0.6) is 5.75 Å². The van der Waals surface area contributed by atoms with E-state index in [9.17, 15) is 4.79 Å². The van der Waals surface area contributed by atoms with Crippen molar-refractivity contribution in [3.63, 3.8) is 0 Å². The SMILES string of the molecule is N#CCC(=O)COc1ccc2c(c1)CCCC2. The second kappa shape index (κ2) is 5.49. The van der Waals surface area contributed by atoms with Gasteiger partial charge in [0.15, 0.2) is 5.78 Å². The third-order valence-electron chi connectivity index (χ3n) is 3.00. The molecule has 3 heteroatoms. The average Bonchev–Trinajstić information content (AvgIpc) is 2.36. The summed E-state index contributed by atoms with van der Waals surface area (Å²) in [6.45, 7) is -0.00759. The van der Waals surface area contributed by atoms with Crippen molar-refractivity contribution < 1.29 is 9.53 Å². The molecule has 0 aliphatic heterocycles. The molecule has 0 heterocycles. The largest absolute Gasteiger partial charge is 0.486 e. The molecule has 2 rings (SSSR count). The van der Waals surface area contributed by atoms with Gasteiger partial charge in [0.2, 0.25) is 0 Å². The summed E-state index contributed by atoms with van der Waals surface area (Å²) >= 11 is 0. The van der Waals surface area contributed by atoms with Crippen LogP contribution in [-0.4, -0.2) is 12.4 Å². The Morgan fingerprint density at radius 3 is 2.82 bits per heavy atom. The number of rotatable bonds is 4. The van der Waals surface area contributed by atoms with Gasteiger partial charge in [0.25, 0.3) is 0 Å². The van der Waals surface area contributed by atoms with Crippen LogP contribution in [0.1, 0.15) is 30.4 Å². The zero-order valence-electron chi connectivity index (χ0n) is 9.74. The number of ether oxygens (including phenoxy) is 1. The number of benzene rings is 1. The van der Waals surface area contributed by atoms with Gasteiger partial charge in [-0.1, -0.05) is 6.07 Å². The van der Waals surface area contributed by atoms with Gasteiger partial charge in [-0.3, -0.25) is 4.79 Å². The number of fused-ring (bicyclic) bond motifs is 1. The Morgan fingerprint density at radius 1 is 1.29 bits per heavy atom. The number of Topliss-reactive ketones (excluding diaryl/α,β-unsaturated/α-hetero) is 1. The van der Waals surface area contributed by atoms with Gasteiger partial charge in [-0.2, -0.15) is 5.26 Å². The molecule has 1 aliphatic rings. The zero-order valence-corrected chi connectivity index (χ0v) is 9.74. The van der Waals surface area contributed by atoms with Crippen molar-refractivity contribution in [3.8, 4) is 11.8 Å². The maximum Gasteiger partial charge on any atom is 0.184 e. The molecule has 88 valence electrons. The van der Waals surface area contributed by atoms with Crippen LogP contribution >= 0.6 is 0 Å². The molecule has 0 unspecified atom stereocenters. The lowest BCUT2D eigenvalue weighted by Crippen LogP contribution is -2.11. The molecule has 1 aliphatic carbocycles. The summed E-state index contributed by atoms with van der Waals surface area (Å²) in [5.41, 5.74) is 2.73. The lowest BCUT2D eigenvalue weighted by atomic mass is 9.92. The highest BCUT2D eigenvalue weighted by Crippen LogP contribution is 2.25. The van der Waals surface area contributed by atoms with E-state index in [0.717, 1.165) is 18.6 Å². The van der Waals surface area contributed by atoms with Gasteiger partial charge in [0, 0.05) is 0 Å². The molecule has 17 heavy (non-hydrogen) atoms. The maximum atomic E-state index is 11.2. The summed E-state index contributed by atoms with van der Waals surface area (Å²) in [6, 6.07) is 7.83. The first kappa shape index (κ1) is 11.7. The van der Waals surface area contributed by atoms with E-state index < -0.39 is 0 Å². The predicted molar refractivity (Wildman–Crippen MR) is 63.8 cm³/mol. The molecule has 0 atom stereocenters. The lowest BCUT2D eigenvalue weighted by Gasteiger charge is -2.16. The van der Waals surface area contributed by atoms with Gasteiger partial charge < -0.3 is 4.74 Å². The molecule has 0 saturated carbocycles. The van der Waals surface area contributed by atoms with E-state index in [0.29, 0.717) is 0 Å². The van der Waals surface area contributed by atoms with E-state index in [1.165, 1.54) is 24.0 Å². The van der Waals surface area contributed by atoms with Crippen LogP contribution < -0.4 is 4.74 Å². The number of carbonyl (C=O) groups is 1. The summed E-state index contributed by atoms with van der Waals surface area (Å²) in [4.78, 5) is 11.2. The van der Waals surface area contributed by atoms with Gasteiger partial charge in [0.1, 0.15) is 12.4 Å². The Morgan fingerprint density at radius 2 is 2.06 bits per heavy atom. The first-order valence-corrected chi connectivity index (χ1v) is 5.93. The van der Waals surface area contributed by atoms with Gasteiger partial charge >= 0.3 is 0 Å². The number of ketones is 1. The monoisotopic (exact) mass is 229 g/mol. The maximum absolute atomic E-state index is 11.2. The number of nitriles is 1. The highest BCUT2D eigenvalue weighted by molar-refractivity contribution is 5.81. The first-order chi connectivity index (χ1) is 8.29. The highest BCUT2D eigenvalue weighted by Gasteiger charge is 2.10.